The first-order chi connectivity index (χ1) is 14.2. The number of hydrogen-bond acceptors (Lipinski definition) is 3. The summed E-state index contributed by atoms with van der Waals surface area (Å²) in [7, 11) is 0. The molecule has 2 aromatic rings. The summed E-state index contributed by atoms with van der Waals surface area (Å²) in [5.41, 5.74) is 5.13. The van der Waals surface area contributed by atoms with E-state index in [2.05, 4.69) is 34.7 Å². The molecule has 5 heteroatoms. The van der Waals surface area contributed by atoms with E-state index in [9.17, 15) is 4.79 Å². The molecule has 0 aliphatic carbocycles. The maximum atomic E-state index is 11.6. The standard InChI is InChI=1S/C24H32ClN3O/c1-2-3-4-5-6-7-8-11-26-15-18-12-21(17-27-16-18)20-13-19-9-10-23(29)28-24(19)22(25)14-20/h12-14,16-17,26H,2-11,15H2,1H3,(H,28,29). The zero-order chi connectivity index (χ0) is 20.5. The Hall–Kier alpha value is -1.91. The lowest BCUT2D eigenvalue weighted by molar-refractivity contribution is -0.116. The third-order valence-corrected chi connectivity index (χ3v) is 5.77. The quantitative estimate of drug-likeness (QED) is 0.436. The minimum Gasteiger partial charge on any atom is -0.325 e. The molecule has 1 aliphatic heterocycles. The lowest BCUT2D eigenvalue weighted by atomic mass is 9.97. The summed E-state index contributed by atoms with van der Waals surface area (Å²) >= 11 is 6.43. The molecule has 1 aliphatic rings. The number of carbonyl (C=O) groups excluding carboxylic acids is 1. The zero-order valence-corrected chi connectivity index (χ0v) is 18.2. The number of anilines is 1. The fourth-order valence-corrected chi connectivity index (χ4v) is 4.09. The Morgan fingerprint density at radius 2 is 1.79 bits per heavy atom. The van der Waals surface area contributed by atoms with Crippen molar-refractivity contribution in [2.24, 2.45) is 0 Å². The van der Waals surface area contributed by atoms with Gasteiger partial charge in [0.25, 0.3) is 0 Å². The number of amides is 1. The van der Waals surface area contributed by atoms with Gasteiger partial charge in [0, 0.05) is 30.9 Å². The van der Waals surface area contributed by atoms with E-state index in [0.29, 0.717) is 11.4 Å². The van der Waals surface area contributed by atoms with Crippen LogP contribution in [-0.2, 0) is 17.8 Å². The van der Waals surface area contributed by atoms with E-state index in [1.54, 1.807) is 0 Å². The highest BCUT2D eigenvalue weighted by Crippen LogP contribution is 2.35. The molecule has 0 atom stereocenters. The van der Waals surface area contributed by atoms with Crippen LogP contribution in [0.1, 0.15) is 69.4 Å². The molecule has 1 amide bonds. The first kappa shape index (κ1) is 21.8. The highest BCUT2D eigenvalue weighted by Gasteiger charge is 2.18. The Morgan fingerprint density at radius 1 is 1.00 bits per heavy atom. The minimum atomic E-state index is 0.0304. The van der Waals surface area contributed by atoms with Gasteiger partial charge in [-0.3, -0.25) is 9.78 Å². The molecule has 2 heterocycles. The van der Waals surface area contributed by atoms with Crippen molar-refractivity contribution < 1.29 is 4.79 Å². The number of nitrogens with zero attached hydrogens (tertiary/aromatic N) is 1. The smallest absolute Gasteiger partial charge is 0.224 e. The minimum absolute atomic E-state index is 0.0304. The number of unbranched alkanes of at least 4 members (excludes halogenated alkanes) is 6. The van der Waals surface area contributed by atoms with E-state index in [1.807, 2.05) is 18.5 Å². The van der Waals surface area contributed by atoms with Gasteiger partial charge in [-0.15, -0.1) is 0 Å². The monoisotopic (exact) mass is 413 g/mol. The van der Waals surface area contributed by atoms with Crippen LogP contribution >= 0.6 is 11.6 Å². The highest BCUT2D eigenvalue weighted by molar-refractivity contribution is 6.34. The Labute approximate surface area is 179 Å². The average Bonchev–Trinajstić information content (AvgIpc) is 2.73. The molecule has 2 N–H and O–H groups in total. The van der Waals surface area contributed by atoms with E-state index in [-0.39, 0.29) is 5.91 Å². The van der Waals surface area contributed by atoms with Gasteiger partial charge in [-0.2, -0.15) is 0 Å². The number of fused-ring (bicyclic) bond motifs is 1. The molecule has 0 radical (unpaired) electrons. The van der Waals surface area contributed by atoms with Crippen LogP contribution in [0.2, 0.25) is 5.02 Å². The van der Waals surface area contributed by atoms with E-state index in [1.165, 1.54) is 50.5 Å². The van der Waals surface area contributed by atoms with Gasteiger partial charge in [0.1, 0.15) is 0 Å². The van der Waals surface area contributed by atoms with Crippen LogP contribution in [0.15, 0.2) is 30.6 Å². The van der Waals surface area contributed by atoms with Crippen LogP contribution in [-0.4, -0.2) is 17.4 Å². The summed E-state index contributed by atoms with van der Waals surface area (Å²) < 4.78 is 0. The number of halogens is 1. The van der Waals surface area contributed by atoms with Crippen molar-refractivity contribution in [2.75, 3.05) is 11.9 Å². The molecule has 0 spiro atoms. The van der Waals surface area contributed by atoms with Gasteiger partial charge in [0.05, 0.1) is 10.7 Å². The zero-order valence-electron chi connectivity index (χ0n) is 17.4. The van der Waals surface area contributed by atoms with Crippen molar-refractivity contribution in [3.8, 4) is 11.1 Å². The van der Waals surface area contributed by atoms with E-state index < -0.39 is 0 Å². The molecule has 1 aromatic carbocycles. The number of hydrogen-bond donors (Lipinski definition) is 2. The number of nitrogens with one attached hydrogen (secondary N) is 2. The molecular weight excluding hydrogens is 382 g/mol. The SMILES string of the molecule is CCCCCCCCCNCc1cncc(-c2cc(Cl)c3c(c2)CCC(=O)N3)c1. The van der Waals surface area contributed by atoms with Crippen molar-refractivity contribution in [3.63, 3.8) is 0 Å². The van der Waals surface area contributed by atoms with Gasteiger partial charge in [-0.25, -0.2) is 0 Å². The lowest BCUT2D eigenvalue weighted by Gasteiger charge is -2.19. The summed E-state index contributed by atoms with van der Waals surface area (Å²) in [5, 5.41) is 7.01. The van der Waals surface area contributed by atoms with Crippen molar-refractivity contribution in [1.29, 1.82) is 0 Å². The van der Waals surface area contributed by atoms with Crippen molar-refractivity contribution in [2.45, 2.75) is 71.3 Å². The number of aryl methyl sites for hydroxylation is 1. The van der Waals surface area contributed by atoms with Crippen molar-refractivity contribution >= 4 is 23.2 Å². The molecule has 0 bridgehead atoms. The average molecular weight is 414 g/mol. The molecular formula is C24H32ClN3O. The summed E-state index contributed by atoms with van der Waals surface area (Å²) in [6.45, 7) is 4.13. The van der Waals surface area contributed by atoms with Gasteiger partial charge in [0.15, 0.2) is 0 Å². The maximum Gasteiger partial charge on any atom is 0.224 e. The second kappa shape index (κ2) is 11.3. The van der Waals surface area contributed by atoms with Crippen LogP contribution in [0.3, 0.4) is 0 Å². The first-order valence-corrected chi connectivity index (χ1v) is 11.3. The van der Waals surface area contributed by atoms with Gasteiger partial charge in [0.2, 0.25) is 5.91 Å². The third-order valence-electron chi connectivity index (χ3n) is 5.47. The number of benzene rings is 1. The molecule has 3 rings (SSSR count). The molecule has 1 aromatic heterocycles. The Morgan fingerprint density at radius 3 is 2.62 bits per heavy atom. The molecule has 4 nitrogen and oxygen atoms in total. The second-order valence-corrected chi connectivity index (χ2v) is 8.33. The van der Waals surface area contributed by atoms with Gasteiger partial charge < -0.3 is 10.6 Å². The largest absolute Gasteiger partial charge is 0.325 e. The Bertz CT molecular complexity index is 822. The normalized spacial score (nSPS) is 13.2. The highest BCUT2D eigenvalue weighted by atomic mass is 35.5. The molecule has 0 unspecified atom stereocenters. The first-order valence-electron chi connectivity index (χ1n) is 10.9. The lowest BCUT2D eigenvalue weighted by Crippen LogP contribution is -2.19. The fraction of sp³-hybridized carbons (Fsp3) is 0.500. The maximum absolute atomic E-state index is 11.6. The van der Waals surface area contributed by atoms with Crippen LogP contribution in [0, 0.1) is 0 Å². The van der Waals surface area contributed by atoms with Crippen LogP contribution < -0.4 is 10.6 Å². The number of carbonyl (C=O) groups is 1. The van der Waals surface area contributed by atoms with Gasteiger partial charge in [-0.1, -0.05) is 57.0 Å². The van der Waals surface area contributed by atoms with Crippen molar-refractivity contribution in [1.82, 2.24) is 10.3 Å². The summed E-state index contributed by atoms with van der Waals surface area (Å²) in [4.78, 5) is 16.0. The van der Waals surface area contributed by atoms with Gasteiger partial charge >= 0.3 is 0 Å². The summed E-state index contributed by atoms with van der Waals surface area (Å²) in [5.74, 6) is 0.0304. The van der Waals surface area contributed by atoms with E-state index >= 15 is 0 Å². The molecule has 0 saturated heterocycles. The topological polar surface area (TPSA) is 54.0 Å². The van der Waals surface area contributed by atoms with Crippen LogP contribution in [0.4, 0.5) is 5.69 Å². The number of pyridine rings is 1. The number of rotatable bonds is 11. The van der Waals surface area contributed by atoms with E-state index in [0.717, 1.165) is 41.9 Å². The van der Waals surface area contributed by atoms with E-state index in [4.69, 9.17) is 11.6 Å². The summed E-state index contributed by atoms with van der Waals surface area (Å²) in [6, 6.07) is 6.20. The Balaban J connectivity index is 1.51. The van der Waals surface area contributed by atoms with Crippen LogP contribution in [0.5, 0.6) is 0 Å². The number of aromatic nitrogens is 1. The molecule has 0 fully saturated rings. The second-order valence-electron chi connectivity index (χ2n) is 7.92. The predicted molar refractivity (Wildman–Crippen MR) is 121 cm³/mol. The van der Waals surface area contributed by atoms with Crippen LogP contribution in [0.25, 0.3) is 11.1 Å². The van der Waals surface area contributed by atoms with Crippen molar-refractivity contribution in [3.05, 3.63) is 46.7 Å². The van der Waals surface area contributed by atoms with Gasteiger partial charge in [-0.05, 0) is 54.3 Å². The fourth-order valence-electron chi connectivity index (χ4n) is 3.80. The predicted octanol–water partition coefficient (Wildman–Crippen LogP) is 6.13. The third kappa shape index (κ3) is 6.55. The molecule has 0 saturated carbocycles. The molecule has 29 heavy (non-hydrogen) atoms. The molecule has 156 valence electrons. The Kier molecular flexibility index (Phi) is 8.51. The summed E-state index contributed by atoms with van der Waals surface area (Å²) in [6.07, 6.45) is 14.3.